The first-order valence-electron chi connectivity index (χ1n) is 5.48. The molecule has 1 amide bonds. The zero-order valence-corrected chi connectivity index (χ0v) is 13.4. The van der Waals surface area contributed by atoms with Gasteiger partial charge in [-0.15, -0.1) is 4.39 Å². The highest BCUT2D eigenvalue weighted by atomic mass is 32.5. The van der Waals surface area contributed by atoms with Crippen molar-refractivity contribution in [1.82, 2.24) is 8.38 Å². The summed E-state index contributed by atoms with van der Waals surface area (Å²) in [5.41, 5.74) is -0.415. The molecule has 1 rings (SSSR count). The van der Waals surface area contributed by atoms with Crippen molar-refractivity contribution in [3.8, 4) is 0 Å². The van der Waals surface area contributed by atoms with E-state index in [0.29, 0.717) is 13.2 Å². The Morgan fingerprint density at radius 1 is 1.39 bits per heavy atom. The van der Waals surface area contributed by atoms with E-state index in [2.05, 4.69) is 0 Å². The van der Waals surface area contributed by atoms with Crippen molar-refractivity contribution >= 4 is 36.7 Å². The van der Waals surface area contributed by atoms with E-state index >= 15 is 0 Å². The van der Waals surface area contributed by atoms with Crippen molar-refractivity contribution < 1.29 is 18.2 Å². The number of carbonyl (C=O) groups is 1. The largest absolute Gasteiger partial charge is 0.410 e. The van der Waals surface area contributed by atoms with Crippen LogP contribution in [0.1, 0.15) is 27.2 Å². The summed E-state index contributed by atoms with van der Waals surface area (Å²) in [5, 5.41) is 0. The van der Waals surface area contributed by atoms with Gasteiger partial charge in [-0.1, -0.05) is 0 Å². The fourth-order valence-electron chi connectivity index (χ4n) is 1.24. The van der Waals surface area contributed by atoms with E-state index in [-0.39, 0.29) is 0 Å². The Hall–Kier alpha value is 0.280. The minimum absolute atomic E-state index is 0.415. The Balaban J connectivity index is 2.91. The summed E-state index contributed by atoms with van der Waals surface area (Å²) in [6, 6.07) is 0. The van der Waals surface area contributed by atoms with E-state index in [4.69, 9.17) is 20.9 Å². The maximum atomic E-state index is 12.7. The van der Waals surface area contributed by atoms with Crippen LogP contribution >= 0.6 is 18.8 Å². The van der Waals surface area contributed by atoms with Gasteiger partial charge in [-0.2, -0.15) is 4.08 Å². The zero-order chi connectivity index (χ0) is 14.0. The molecule has 1 aliphatic heterocycles. The summed E-state index contributed by atoms with van der Waals surface area (Å²) in [5.74, 6) is 0. The molecule has 0 aromatic heterocycles. The van der Waals surface area contributed by atoms with Crippen LogP contribution in [0.25, 0.3) is 0 Å². The van der Waals surface area contributed by atoms with E-state index in [1.807, 2.05) is 20.8 Å². The Bertz CT molecular complexity index is 354. The predicted octanol–water partition coefficient (Wildman–Crippen LogP) is 3.33. The molecule has 0 radical (unpaired) electrons. The fourth-order valence-corrected chi connectivity index (χ4v) is 5.94. The van der Waals surface area contributed by atoms with E-state index in [0.717, 1.165) is 22.9 Å². The van der Waals surface area contributed by atoms with Gasteiger partial charge in [0.1, 0.15) is 0 Å². The minimum Gasteiger partial charge on any atom is -0.317 e. The third-order valence-corrected chi connectivity index (χ3v) is 7.49. The highest BCUT2D eigenvalue weighted by Gasteiger charge is 2.40. The quantitative estimate of drug-likeness (QED) is 0.344. The maximum absolute atomic E-state index is 12.7. The van der Waals surface area contributed by atoms with Crippen LogP contribution in [0.2, 0.25) is 0 Å². The molecule has 106 valence electrons. The zero-order valence-electron chi connectivity index (χ0n) is 10.9. The topological polar surface area (TPSA) is 42.0 Å². The second-order valence-electron chi connectivity index (χ2n) is 4.76. The van der Waals surface area contributed by atoms with Crippen LogP contribution in [0.5, 0.6) is 0 Å². The van der Waals surface area contributed by atoms with Crippen LogP contribution in [-0.4, -0.2) is 40.3 Å². The number of halogens is 1. The highest BCUT2D eigenvalue weighted by Crippen LogP contribution is 2.61. The lowest BCUT2D eigenvalue weighted by molar-refractivity contribution is 0.148. The third-order valence-electron chi connectivity index (χ3n) is 2.04. The van der Waals surface area contributed by atoms with Crippen LogP contribution in [0.15, 0.2) is 0 Å². The second kappa shape index (κ2) is 6.15. The van der Waals surface area contributed by atoms with Crippen molar-refractivity contribution in [2.24, 2.45) is 0 Å². The van der Waals surface area contributed by atoms with Crippen LogP contribution in [0.3, 0.4) is 0 Å². The standard InChI is InChI=1S/C9H18FN2O3PS2/c1-9(2,3)12(18-11(4)8(10)13)16(17)14-6-5-7-15-16/h5-7H2,1-4H3. The van der Waals surface area contributed by atoms with Crippen LogP contribution in [0, 0.1) is 0 Å². The Morgan fingerprint density at radius 2 is 1.89 bits per heavy atom. The minimum atomic E-state index is -2.67. The monoisotopic (exact) mass is 316 g/mol. The smallest absolute Gasteiger partial charge is 0.317 e. The molecule has 0 bridgehead atoms. The number of hydrogen-bond acceptors (Lipinski definition) is 5. The van der Waals surface area contributed by atoms with Crippen molar-refractivity contribution in [2.45, 2.75) is 32.7 Å². The molecule has 0 atom stereocenters. The van der Waals surface area contributed by atoms with Gasteiger partial charge in [0, 0.05) is 12.6 Å². The lowest BCUT2D eigenvalue weighted by Crippen LogP contribution is -2.38. The third kappa shape index (κ3) is 4.15. The summed E-state index contributed by atoms with van der Waals surface area (Å²) in [4.78, 5) is 10.7. The second-order valence-corrected chi connectivity index (χ2v) is 9.35. The Labute approximate surface area is 116 Å². The summed E-state index contributed by atoms with van der Waals surface area (Å²) >= 11 is 6.34. The van der Waals surface area contributed by atoms with Gasteiger partial charge in [-0.3, -0.25) is 0 Å². The maximum Gasteiger partial charge on any atom is 0.410 e. The molecular weight excluding hydrogens is 298 g/mol. The number of amides is 1. The average molecular weight is 316 g/mol. The molecule has 1 heterocycles. The molecule has 0 aromatic carbocycles. The summed E-state index contributed by atoms with van der Waals surface area (Å²) in [6.45, 7) is 4.11. The highest BCUT2D eigenvalue weighted by molar-refractivity contribution is 8.15. The van der Waals surface area contributed by atoms with Gasteiger partial charge in [0.2, 0.25) is 0 Å². The SMILES string of the molecule is CN(SN(C(C)(C)C)P1(=S)OCCCO1)C(=O)F. The van der Waals surface area contributed by atoms with Crippen LogP contribution in [0.4, 0.5) is 9.18 Å². The molecule has 5 nitrogen and oxygen atoms in total. The van der Waals surface area contributed by atoms with Gasteiger partial charge < -0.3 is 9.05 Å². The summed E-state index contributed by atoms with van der Waals surface area (Å²) < 4.78 is 26.4. The predicted molar refractivity (Wildman–Crippen MR) is 74.3 cm³/mol. The molecule has 1 aliphatic rings. The van der Waals surface area contributed by atoms with Gasteiger partial charge in [-0.25, -0.2) is 9.10 Å². The molecule has 0 N–H and O–H groups in total. The van der Waals surface area contributed by atoms with Crippen molar-refractivity contribution in [3.63, 3.8) is 0 Å². The lowest BCUT2D eigenvalue weighted by Gasteiger charge is -2.42. The Kier molecular flexibility index (Phi) is 5.58. The first kappa shape index (κ1) is 16.3. The van der Waals surface area contributed by atoms with Crippen LogP contribution in [-0.2, 0) is 20.9 Å². The van der Waals surface area contributed by atoms with E-state index in [1.165, 1.54) is 7.05 Å². The molecule has 1 fully saturated rings. The number of hydrogen-bond donors (Lipinski definition) is 0. The van der Waals surface area contributed by atoms with Gasteiger partial charge in [-0.05, 0) is 39.0 Å². The summed E-state index contributed by atoms with van der Waals surface area (Å²) in [6.07, 6.45) is -0.744. The molecule has 0 unspecified atom stereocenters. The number of carbonyl (C=O) groups excluding carboxylic acids is 1. The fraction of sp³-hybridized carbons (Fsp3) is 0.889. The van der Waals surface area contributed by atoms with Crippen molar-refractivity contribution in [1.29, 1.82) is 0 Å². The molecule has 18 heavy (non-hydrogen) atoms. The van der Waals surface area contributed by atoms with Gasteiger partial charge >= 0.3 is 6.16 Å². The van der Waals surface area contributed by atoms with Crippen LogP contribution < -0.4 is 0 Å². The first-order chi connectivity index (χ1) is 8.17. The van der Waals surface area contributed by atoms with E-state index in [1.54, 1.807) is 4.08 Å². The molecule has 0 aromatic rings. The number of nitrogens with zero attached hydrogens (tertiary/aromatic N) is 2. The molecule has 9 heteroatoms. The van der Waals surface area contributed by atoms with E-state index in [9.17, 15) is 9.18 Å². The van der Waals surface area contributed by atoms with Gasteiger partial charge in [0.25, 0.3) is 6.64 Å². The number of rotatable bonds is 3. The average Bonchev–Trinajstić information content (AvgIpc) is 2.24. The van der Waals surface area contributed by atoms with E-state index < -0.39 is 18.3 Å². The van der Waals surface area contributed by atoms with Crippen molar-refractivity contribution in [3.05, 3.63) is 0 Å². The van der Waals surface area contributed by atoms with Crippen molar-refractivity contribution in [2.75, 3.05) is 20.3 Å². The Morgan fingerprint density at radius 3 is 2.28 bits per heavy atom. The molecule has 0 saturated carbocycles. The molecule has 1 saturated heterocycles. The molecule has 0 spiro atoms. The molecular formula is C9H18FN2O3PS2. The summed E-state index contributed by atoms with van der Waals surface area (Å²) in [7, 11) is 1.34. The van der Waals surface area contributed by atoms with Gasteiger partial charge in [0.15, 0.2) is 0 Å². The van der Waals surface area contributed by atoms with Gasteiger partial charge in [0.05, 0.1) is 25.3 Å². The normalized spacial score (nSPS) is 19.9. The first-order valence-corrected chi connectivity index (χ1v) is 8.80. The molecule has 0 aliphatic carbocycles. The lowest BCUT2D eigenvalue weighted by atomic mass is 10.1.